The maximum absolute atomic E-state index is 3.98. The Kier molecular flexibility index (Phi) is 3.84. The van der Waals surface area contributed by atoms with E-state index in [0.717, 1.165) is 12.4 Å². The van der Waals surface area contributed by atoms with Gasteiger partial charge < -0.3 is 10.2 Å². The second-order valence-electron chi connectivity index (χ2n) is 4.53. The molecule has 16 heavy (non-hydrogen) atoms. The zero-order valence-electron chi connectivity index (χ0n) is 9.98. The number of rotatable bonds is 4. The molecule has 6 nitrogen and oxygen atoms in total. The molecule has 1 aliphatic rings. The van der Waals surface area contributed by atoms with Crippen LogP contribution in [0, 0.1) is 0 Å². The molecule has 90 valence electrons. The van der Waals surface area contributed by atoms with Crippen molar-refractivity contribution in [2.24, 2.45) is 0 Å². The summed E-state index contributed by atoms with van der Waals surface area (Å²) in [6, 6.07) is 0.803. The molecule has 2 heterocycles. The van der Waals surface area contributed by atoms with Crippen molar-refractivity contribution in [1.29, 1.82) is 0 Å². The fourth-order valence-corrected chi connectivity index (χ4v) is 2.16. The van der Waals surface area contributed by atoms with Crippen molar-refractivity contribution >= 4 is 0 Å². The number of nitrogens with zero attached hydrogens (tertiary/aromatic N) is 4. The number of piperidine rings is 1. The lowest BCUT2D eigenvalue weighted by Crippen LogP contribution is -2.43. The minimum atomic E-state index is 0.161. The van der Waals surface area contributed by atoms with Crippen molar-refractivity contribution in [3.63, 3.8) is 0 Å². The van der Waals surface area contributed by atoms with E-state index in [-0.39, 0.29) is 6.04 Å². The standard InChI is InChI=1S/C10H20N6/c1-8(10-12-14-15-13-10)11-7-9-5-3-4-6-16(9)2/h8-9,11H,3-7H2,1-2H3,(H,12,13,14,15). The zero-order chi connectivity index (χ0) is 11.4. The van der Waals surface area contributed by atoms with Gasteiger partial charge in [-0.2, -0.15) is 5.21 Å². The van der Waals surface area contributed by atoms with Crippen LogP contribution in [-0.2, 0) is 0 Å². The fraction of sp³-hybridized carbons (Fsp3) is 0.900. The van der Waals surface area contributed by atoms with Crippen LogP contribution in [0.3, 0.4) is 0 Å². The smallest absolute Gasteiger partial charge is 0.191 e. The molecule has 0 aromatic carbocycles. The Bertz CT molecular complexity index is 298. The van der Waals surface area contributed by atoms with E-state index < -0.39 is 0 Å². The third-order valence-corrected chi connectivity index (χ3v) is 3.33. The summed E-state index contributed by atoms with van der Waals surface area (Å²) >= 11 is 0. The Morgan fingerprint density at radius 3 is 3.12 bits per heavy atom. The van der Waals surface area contributed by atoms with E-state index in [1.165, 1.54) is 25.8 Å². The Morgan fingerprint density at radius 1 is 1.56 bits per heavy atom. The molecule has 0 saturated carbocycles. The molecule has 0 radical (unpaired) electrons. The first kappa shape index (κ1) is 11.5. The van der Waals surface area contributed by atoms with E-state index in [1.54, 1.807) is 0 Å². The second-order valence-corrected chi connectivity index (χ2v) is 4.53. The van der Waals surface area contributed by atoms with Crippen LogP contribution in [0.2, 0.25) is 0 Å². The van der Waals surface area contributed by atoms with Crippen LogP contribution in [-0.4, -0.2) is 51.7 Å². The van der Waals surface area contributed by atoms with Gasteiger partial charge in [-0.3, -0.25) is 0 Å². The molecular formula is C10H20N6. The van der Waals surface area contributed by atoms with Gasteiger partial charge >= 0.3 is 0 Å². The average Bonchev–Trinajstić information content (AvgIpc) is 2.81. The van der Waals surface area contributed by atoms with E-state index >= 15 is 0 Å². The topological polar surface area (TPSA) is 69.7 Å². The van der Waals surface area contributed by atoms with E-state index in [9.17, 15) is 0 Å². The molecule has 0 aliphatic carbocycles. The summed E-state index contributed by atoms with van der Waals surface area (Å²) in [6.07, 6.45) is 3.95. The summed E-state index contributed by atoms with van der Waals surface area (Å²) in [6.45, 7) is 4.27. The number of likely N-dealkylation sites (tertiary alicyclic amines) is 1. The second kappa shape index (κ2) is 5.36. The summed E-state index contributed by atoms with van der Waals surface area (Å²) in [4.78, 5) is 2.43. The molecule has 1 aromatic heterocycles. The van der Waals surface area contributed by atoms with Gasteiger partial charge in [0.1, 0.15) is 0 Å². The van der Waals surface area contributed by atoms with Crippen molar-refractivity contribution < 1.29 is 0 Å². The summed E-state index contributed by atoms with van der Waals surface area (Å²) in [5.74, 6) is 0.735. The van der Waals surface area contributed by atoms with Crippen LogP contribution in [0.4, 0.5) is 0 Å². The van der Waals surface area contributed by atoms with Crippen LogP contribution in [0.5, 0.6) is 0 Å². The highest BCUT2D eigenvalue weighted by Crippen LogP contribution is 2.15. The Hall–Kier alpha value is -1.01. The van der Waals surface area contributed by atoms with Crippen LogP contribution < -0.4 is 5.32 Å². The van der Waals surface area contributed by atoms with Crippen LogP contribution >= 0.6 is 0 Å². The molecule has 1 saturated heterocycles. The van der Waals surface area contributed by atoms with Crippen molar-refractivity contribution in [1.82, 2.24) is 30.8 Å². The summed E-state index contributed by atoms with van der Waals surface area (Å²) in [5.41, 5.74) is 0. The summed E-state index contributed by atoms with van der Waals surface area (Å²) < 4.78 is 0. The molecule has 6 heteroatoms. The molecule has 0 amide bonds. The van der Waals surface area contributed by atoms with Crippen LogP contribution in [0.25, 0.3) is 0 Å². The number of nitrogens with one attached hydrogen (secondary N) is 2. The number of hydrogen-bond donors (Lipinski definition) is 2. The number of aromatic amines is 1. The van der Waals surface area contributed by atoms with Gasteiger partial charge in [0, 0.05) is 12.6 Å². The third-order valence-electron chi connectivity index (χ3n) is 3.33. The fourth-order valence-electron chi connectivity index (χ4n) is 2.16. The van der Waals surface area contributed by atoms with Crippen molar-refractivity contribution in [3.8, 4) is 0 Å². The molecule has 1 aliphatic heterocycles. The highest BCUT2D eigenvalue weighted by Gasteiger charge is 2.20. The predicted molar refractivity (Wildman–Crippen MR) is 60.9 cm³/mol. The zero-order valence-corrected chi connectivity index (χ0v) is 9.98. The number of H-pyrrole nitrogens is 1. The minimum Gasteiger partial charge on any atom is -0.306 e. The van der Waals surface area contributed by atoms with Crippen molar-refractivity contribution in [2.75, 3.05) is 20.1 Å². The van der Waals surface area contributed by atoms with Gasteiger partial charge in [-0.1, -0.05) is 11.6 Å². The summed E-state index contributed by atoms with van der Waals surface area (Å²) in [7, 11) is 2.20. The number of likely N-dealkylation sites (N-methyl/N-ethyl adjacent to an activating group) is 1. The number of hydrogen-bond acceptors (Lipinski definition) is 5. The molecule has 2 unspecified atom stereocenters. The van der Waals surface area contributed by atoms with Gasteiger partial charge in [0.25, 0.3) is 0 Å². The maximum atomic E-state index is 3.98. The van der Waals surface area contributed by atoms with Crippen LogP contribution in [0.1, 0.15) is 38.1 Å². The number of aromatic nitrogens is 4. The van der Waals surface area contributed by atoms with Gasteiger partial charge in [0.15, 0.2) is 5.82 Å². The molecule has 1 aromatic rings. The first-order valence-electron chi connectivity index (χ1n) is 5.94. The minimum absolute atomic E-state index is 0.161. The van der Waals surface area contributed by atoms with E-state index in [0.29, 0.717) is 6.04 Å². The van der Waals surface area contributed by atoms with Crippen molar-refractivity contribution in [2.45, 2.75) is 38.3 Å². The van der Waals surface area contributed by atoms with E-state index in [1.807, 2.05) is 0 Å². The Labute approximate surface area is 95.8 Å². The summed E-state index contributed by atoms with van der Waals surface area (Å²) in [5, 5.41) is 17.5. The lowest BCUT2D eigenvalue weighted by atomic mass is 10.0. The Morgan fingerprint density at radius 2 is 2.44 bits per heavy atom. The van der Waals surface area contributed by atoms with E-state index in [2.05, 4.69) is 44.8 Å². The molecule has 2 rings (SSSR count). The molecule has 1 fully saturated rings. The monoisotopic (exact) mass is 224 g/mol. The van der Waals surface area contributed by atoms with Gasteiger partial charge in [-0.25, -0.2) is 0 Å². The largest absolute Gasteiger partial charge is 0.306 e. The first-order valence-corrected chi connectivity index (χ1v) is 5.94. The molecule has 2 atom stereocenters. The van der Waals surface area contributed by atoms with E-state index in [4.69, 9.17) is 0 Å². The molecule has 2 N–H and O–H groups in total. The third kappa shape index (κ3) is 2.76. The predicted octanol–water partition coefficient (Wildman–Crippen LogP) is 0.335. The SMILES string of the molecule is CC(NCC1CCCCN1C)c1nn[nH]n1. The molecule has 0 bridgehead atoms. The number of tetrazole rings is 1. The average molecular weight is 224 g/mol. The molecule has 0 spiro atoms. The quantitative estimate of drug-likeness (QED) is 0.771. The van der Waals surface area contributed by atoms with Gasteiger partial charge in [0.05, 0.1) is 6.04 Å². The lowest BCUT2D eigenvalue weighted by molar-refractivity contribution is 0.178. The van der Waals surface area contributed by atoms with Crippen LogP contribution in [0.15, 0.2) is 0 Å². The highest BCUT2D eigenvalue weighted by molar-refractivity contribution is 4.87. The van der Waals surface area contributed by atoms with Gasteiger partial charge in [-0.15, -0.1) is 10.2 Å². The normalized spacial score (nSPS) is 24.5. The first-order chi connectivity index (χ1) is 7.77. The van der Waals surface area contributed by atoms with Crippen molar-refractivity contribution in [3.05, 3.63) is 5.82 Å². The van der Waals surface area contributed by atoms with Gasteiger partial charge in [0.2, 0.25) is 0 Å². The van der Waals surface area contributed by atoms with Gasteiger partial charge in [-0.05, 0) is 33.4 Å². The lowest BCUT2D eigenvalue weighted by Gasteiger charge is -2.33. The maximum Gasteiger partial charge on any atom is 0.191 e. The Balaban J connectivity index is 1.78. The highest BCUT2D eigenvalue weighted by atomic mass is 15.5. The molecular weight excluding hydrogens is 204 g/mol.